The zero-order chi connectivity index (χ0) is 11.2. The van der Waals surface area contributed by atoms with Crippen LogP contribution in [0.25, 0.3) is 0 Å². The third kappa shape index (κ3) is 2.51. The first-order chi connectivity index (χ1) is 7.90. The molecular formula is C13H13NO2. The van der Waals surface area contributed by atoms with E-state index in [4.69, 9.17) is 9.47 Å². The Balaban J connectivity index is 2.05. The Morgan fingerprint density at radius 3 is 2.62 bits per heavy atom. The van der Waals surface area contributed by atoms with Gasteiger partial charge in [0.05, 0.1) is 7.11 Å². The van der Waals surface area contributed by atoms with Gasteiger partial charge in [0.15, 0.2) is 0 Å². The van der Waals surface area contributed by atoms with Crippen LogP contribution in [0.2, 0.25) is 0 Å². The summed E-state index contributed by atoms with van der Waals surface area (Å²) in [6, 6.07) is 13.4. The molecular weight excluding hydrogens is 202 g/mol. The van der Waals surface area contributed by atoms with Crippen LogP contribution in [-0.2, 0) is 6.61 Å². The molecule has 2 rings (SSSR count). The van der Waals surface area contributed by atoms with E-state index in [1.54, 1.807) is 13.3 Å². The van der Waals surface area contributed by atoms with Gasteiger partial charge in [-0.25, -0.2) is 4.98 Å². The van der Waals surface area contributed by atoms with Gasteiger partial charge in [0.2, 0.25) is 5.88 Å². The molecule has 2 aromatic rings. The van der Waals surface area contributed by atoms with Crippen LogP contribution in [0.15, 0.2) is 48.7 Å². The molecule has 1 aromatic heterocycles. The lowest BCUT2D eigenvalue weighted by atomic mass is 10.2. The predicted molar refractivity (Wildman–Crippen MR) is 61.6 cm³/mol. The van der Waals surface area contributed by atoms with Crippen molar-refractivity contribution < 1.29 is 9.47 Å². The fraction of sp³-hybridized carbons (Fsp3) is 0.154. The number of pyridine rings is 1. The molecule has 0 spiro atoms. The molecule has 0 bridgehead atoms. The first kappa shape index (κ1) is 10.5. The summed E-state index contributed by atoms with van der Waals surface area (Å²) < 4.78 is 10.8. The molecule has 0 aliphatic rings. The van der Waals surface area contributed by atoms with Crippen molar-refractivity contribution in [2.24, 2.45) is 0 Å². The molecule has 0 unspecified atom stereocenters. The fourth-order valence-corrected chi connectivity index (χ4v) is 1.41. The smallest absolute Gasteiger partial charge is 0.213 e. The second-order valence-corrected chi connectivity index (χ2v) is 3.27. The predicted octanol–water partition coefficient (Wildman–Crippen LogP) is 2.67. The average molecular weight is 215 g/mol. The molecule has 82 valence electrons. The number of benzene rings is 1. The number of nitrogens with zero attached hydrogens (tertiary/aromatic N) is 1. The number of aromatic nitrogens is 1. The zero-order valence-corrected chi connectivity index (χ0v) is 9.09. The third-order valence-corrected chi connectivity index (χ3v) is 2.21. The summed E-state index contributed by atoms with van der Waals surface area (Å²) in [5.41, 5.74) is 1.01. The van der Waals surface area contributed by atoms with Crippen LogP contribution in [0.1, 0.15) is 5.56 Å². The number of hydrogen-bond acceptors (Lipinski definition) is 3. The zero-order valence-electron chi connectivity index (χ0n) is 9.09. The molecule has 0 amide bonds. The maximum atomic E-state index is 5.54. The fourth-order valence-electron chi connectivity index (χ4n) is 1.41. The average Bonchev–Trinajstić information content (AvgIpc) is 2.38. The Bertz CT molecular complexity index is 443. The van der Waals surface area contributed by atoms with Crippen molar-refractivity contribution in [3.8, 4) is 11.6 Å². The molecule has 1 aromatic carbocycles. The van der Waals surface area contributed by atoms with Gasteiger partial charge >= 0.3 is 0 Å². The van der Waals surface area contributed by atoms with E-state index in [-0.39, 0.29) is 0 Å². The van der Waals surface area contributed by atoms with Gasteiger partial charge in [-0.2, -0.15) is 0 Å². The van der Waals surface area contributed by atoms with Crippen LogP contribution < -0.4 is 9.47 Å². The van der Waals surface area contributed by atoms with E-state index in [2.05, 4.69) is 4.98 Å². The van der Waals surface area contributed by atoms with Crippen molar-refractivity contribution in [3.63, 3.8) is 0 Å². The standard InChI is InChI=1S/C13H13NO2/c1-15-12-7-3-2-6-11(12)10-16-13-8-4-5-9-14-13/h2-9H,10H2,1H3. The maximum Gasteiger partial charge on any atom is 0.213 e. The van der Waals surface area contributed by atoms with Gasteiger partial charge < -0.3 is 9.47 Å². The van der Waals surface area contributed by atoms with Gasteiger partial charge in [-0.1, -0.05) is 24.3 Å². The Hall–Kier alpha value is -2.03. The largest absolute Gasteiger partial charge is 0.496 e. The minimum absolute atomic E-state index is 0.459. The van der Waals surface area contributed by atoms with Gasteiger partial charge in [0.25, 0.3) is 0 Å². The number of hydrogen-bond donors (Lipinski definition) is 0. The molecule has 0 aliphatic heterocycles. The highest BCUT2D eigenvalue weighted by molar-refractivity contribution is 5.32. The summed E-state index contributed by atoms with van der Waals surface area (Å²) in [5.74, 6) is 1.45. The molecule has 0 atom stereocenters. The van der Waals surface area contributed by atoms with Crippen molar-refractivity contribution in [1.82, 2.24) is 4.98 Å². The molecule has 3 heteroatoms. The van der Waals surface area contributed by atoms with Crippen LogP contribution in [0.4, 0.5) is 0 Å². The Labute approximate surface area is 94.7 Å². The van der Waals surface area contributed by atoms with Gasteiger partial charge in [0.1, 0.15) is 12.4 Å². The summed E-state index contributed by atoms with van der Waals surface area (Å²) in [7, 11) is 1.65. The first-order valence-electron chi connectivity index (χ1n) is 5.06. The number of para-hydroxylation sites is 1. The quantitative estimate of drug-likeness (QED) is 0.785. The summed E-state index contributed by atoms with van der Waals surface area (Å²) in [6.07, 6.45) is 1.71. The van der Waals surface area contributed by atoms with E-state index in [0.29, 0.717) is 12.5 Å². The summed E-state index contributed by atoms with van der Waals surface area (Å²) in [4.78, 5) is 4.09. The van der Waals surface area contributed by atoms with Gasteiger partial charge in [-0.05, 0) is 12.1 Å². The van der Waals surface area contributed by atoms with Gasteiger partial charge in [0, 0.05) is 17.8 Å². The monoisotopic (exact) mass is 215 g/mol. The van der Waals surface area contributed by atoms with E-state index in [9.17, 15) is 0 Å². The van der Waals surface area contributed by atoms with Crippen LogP contribution in [-0.4, -0.2) is 12.1 Å². The van der Waals surface area contributed by atoms with E-state index in [0.717, 1.165) is 11.3 Å². The van der Waals surface area contributed by atoms with Gasteiger partial charge in [-0.3, -0.25) is 0 Å². The Morgan fingerprint density at radius 1 is 1.06 bits per heavy atom. The highest BCUT2D eigenvalue weighted by Gasteiger charge is 2.02. The molecule has 0 fully saturated rings. The second kappa shape index (κ2) is 5.16. The normalized spacial score (nSPS) is 9.81. The lowest BCUT2D eigenvalue weighted by Gasteiger charge is -2.08. The number of ether oxygens (including phenoxy) is 2. The number of methoxy groups -OCH3 is 1. The van der Waals surface area contributed by atoms with Gasteiger partial charge in [-0.15, -0.1) is 0 Å². The van der Waals surface area contributed by atoms with E-state index in [1.807, 2.05) is 42.5 Å². The van der Waals surface area contributed by atoms with Crippen LogP contribution in [0.5, 0.6) is 11.6 Å². The van der Waals surface area contributed by atoms with E-state index in [1.165, 1.54) is 0 Å². The topological polar surface area (TPSA) is 31.4 Å². The molecule has 0 saturated heterocycles. The van der Waals surface area contributed by atoms with Crippen molar-refractivity contribution in [2.75, 3.05) is 7.11 Å². The second-order valence-electron chi connectivity index (χ2n) is 3.27. The minimum atomic E-state index is 0.459. The summed E-state index contributed by atoms with van der Waals surface area (Å²) in [6.45, 7) is 0.459. The third-order valence-electron chi connectivity index (χ3n) is 2.21. The highest BCUT2D eigenvalue weighted by atomic mass is 16.5. The maximum absolute atomic E-state index is 5.54. The van der Waals surface area contributed by atoms with Crippen molar-refractivity contribution in [1.29, 1.82) is 0 Å². The lowest BCUT2D eigenvalue weighted by Crippen LogP contribution is -1.99. The van der Waals surface area contributed by atoms with E-state index < -0.39 is 0 Å². The summed E-state index contributed by atoms with van der Waals surface area (Å²) >= 11 is 0. The molecule has 0 N–H and O–H groups in total. The molecule has 0 saturated carbocycles. The molecule has 0 aliphatic carbocycles. The van der Waals surface area contributed by atoms with E-state index >= 15 is 0 Å². The SMILES string of the molecule is COc1ccccc1COc1ccccn1. The Morgan fingerprint density at radius 2 is 1.88 bits per heavy atom. The molecule has 1 heterocycles. The Kier molecular flexibility index (Phi) is 3.38. The van der Waals surface area contributed by atoms with Crippen LogP contribution >= 0.6 is 0 Å². The highest BCUT2D eigenvalue weighted by Crippen LogP contribution is 2.18. The molecule has 3 nitrogen and oxygen atoms in total. The molecule has 16 heavy (non-hydrogen) atoms. The van der Waals surface area contributed by atoms with Crippen LogP contribution in [0, 0.1) is 0 Å². The van der Waals surface area contributed by atoms with Crippen LogP contribution in [0.3, 0.4) is 0 Å². The summed E-state index contributed by atoms with van der Waals surface area (Å²) in [5, 5.41) is 0. The van der Waals surface area contributed by atoms with Crippen molar-refractivity contribution >= 4 is 0 Å². The first-order valence-corrected chi connectivity index (χ1v) is 5.06. The molecule has 0 radical (unpaired) electrons. The lowest BCUT2D eigenvalue weighted by molar-refractivity contribution is 0.285. The van der Waals surface area contributed by atoms with Crippen molar-refractivity contribution in [3.05, 3.63) is 54.2 Å². The van der Waals surface area contributed by atoms with Crippen molar-refractivity contribution in [2.45, 2.75) is 6.61 Å². The minimum Gasteiger partial charge on any atom is -0.496 e. The number of rotatable bonds is 4.